The van der Waals surface area contributed by atoms with Crippen LogP contribution in [0, 0.1) is 10.1 Å². The zero-order valence-corrected chi connectivity index (χ0v) is 25.6. The van der Waals surface area contributed by atoms with Crippen LogP contribution >= 0.6 is 34.5 Å². The van der Waals surface area contributed by atoms with E-state index in [4.69, 9.17) is 42.1 Å². The predicted octanol–water partition coefficient (Wildman–Crippen LogP) is 6.06. The van der Waals surface area contributed by atoms with Crippen LogP contribution in [-0.4, -0.2) is 29.2 Å². The van der Waals surface area contributed by atoms with Gasteiger partial charge in [-0.15, -0.1) is 0 Å². The molecular formula is C30H25Cl2N3O7S. The number of rotatable bonds is 9. The molecular weight excluding hydrogens is 617 g/mol. The van der Waals surface area contributed by atoms with Gasteiger partial charge in [0.25, 0.3) is 11.2 Å². The number of carbonyl (C=O) groups excluding carboxylic acids is 1. The molecule has 43 heavy (non-hydrogen) atoms. The van der Waals surface area contributed by atoms with E-state index in [1.807, 2.05) is 13.0 Å². The fourth-order valence-electron chi connectivity index (χ4n) is 4.82. The summed E-state index contributed by atoms with van der Waals surface area (Å²) in [4.78, 5) is 43.0. The van der Waals surface area contributed by atoms with Gasteiger partial charge in [-0.25, -0.2) is 9.79 Å². The Kier molecular flexibility index (Phi) is 8.86. The molecule has 0 saturated heterocycles. The van der Waals surface area contributed by atoms with Gasteiger partial charge in [-0.05, 0) is 49.2 Å². The topological polar surface area (TPSA) is 126 Å². The van der Waals surface area contributed by atoms with E-state index < -0.39 is 16.9 Å². The molecule has 0 N–H and O–H groups in total. The molecule has 5 rings (SSSR count). The smallest absolute Gasteiger partial charge is 0.338 e. The average Bonchev–Trinajstić information content (AvgIpc) is 3.57. The first-order chi connectivity index (χ1) is 20.7. The van der Waals surface area contributed by atoms with Crippen molar-refractivity contribution in [3.8, 4) is 17.1 Å². The Hall–Kier alpha value is -4.19. The summed E-state index contributed by atoms with van der Waals surface area (Å²) in [5.41, 5.74) is 1.21. The van der Waals surface area contributed by atoms with Gasteiger partial charge in [0.05, 0.1) is 45.5 Å². The Morgan fingerprint density at radius 3 is 2.67 bits per heavy atom. The van der Waals surface area contributed by atoms with E-state index in [-0.39, 0.29) is 27.9 Å². The number of allylic oxidation sites excluding steroid dienone is 1. The number of carbonyl (C=O) groups is 1. The van der Waals surface area contributed by atoms with Crippen LogP contribution in [0.15, 0.2) is 74.0 Å². The third kappa shape index (κ3) is 5.88. The molecule has 1 aliphatic rings. The maximum atomic E-state index is 14.0. The number of fused-ring (bicyclic) bond motifs is 1. The lowest BCUT2D eigenvalue weighted by molar-refractivity contribution is -0.384. The molecule has 0 bridgehead atoms. The van der Waals surface area contributed by atoms with Crippen LogP contribution in [0.2, 0.25) is 10.0 Å². The van der Waals surface area contributed by atoms with Crippen molar-refractivity contribution in [2.75, 3.05) is 13.7 Å². The average molecular weight is 643 g/mol. The molecule has 1 unspecified atom stereocenters. The van der Waals surface area contributed by atoms with Gasteiger partial charge in [-0.2, -0.15) is 0 Å². The molecule has 10 nitrogen and oxygen atoms in total. The second-order valence-electron chi connectivity index (χ2n) is 9.43. The first kappa shape index (κ1) is 30.3. The maximum Gasteiger partial charge on any atom is 0.338 e. The van der Waals surface area contributed by atoms with Crippen LogP contribution in [0.5, 0.6) is 5.75 Å². The number of benzene rings is 2. The minimum atomic E-state index is -0.790. The second-order valence-corrected chi connectivity index (χ2v) is 11.3. The van der Waals surface area contributed by atoms with Crippen molar-refractivity contribution < 1.29 is 23.6 Å². The zero-order valence-electron chi connectivity index (χ0n) is 23.3. The van der Waals surface area contributed by atoms with Crippen LogP contribution < -0.4 is 19.6 Å². The largest absolute Gasteiger partial charge is 0.497 e. The van der Waals surface area contributed by atoms with Gasteiger partial charge < -0.3 is 13.9 Å². The first-order valence-electron chi connectivity index (χ1n) is 13.3. The number of nitro groups is 1. The molecule has 13 heteroatoms. The first-order valence-corrected chi connectivity index (χ1v) is 14.8. The molecule has 2 aromatic heterocycles. The van der Waals surface area contributed by atoms with E-state index in [0.29, 0.717) is 55.4 Å². The lowest BCUT2D eigenvalue weighted by atomic mass is 9.94. The maximum absolute atomic E-state index is 14.0. The second kappa shape index (κ2) is 12.6. The third-order valence-electron chi connectivity index (χ3n) is 6.70. The summed E-state index contributed by atoms with van der Waals surface area (Å²) < 4.78 is 18.6. The number of halogens is 2. The van der Waals surface area contributed by atoms with Crippen molar-refractivity contribution in [2.24, 2.45) is 4.99 Å². The molecule has 1 aliphatic heterocycles. The minimum Gasteiger partial charge on any atom is -0.497 e. The number of nitrogens with zero attached hydrogens (tertiary/aromatic N) is 3. The summed E-state index contributed by atoms with van der Waals surface area (Å²) in [6.07, 6.45) is 2.82. The van der Waals surface area contributed by atoms with E-state index in [1.54, 1.807) is 50.4 Å². The number of hydrogen-bond acceptors (Lipinski definition) is 9. The Morgan fingerprint density at radius 2 is 1.98 bits per heavy atom. The molecule has 2 aromatic carbocycles. The molecule has 0 fully saturated rings. The normalized spacial score (nSPS) is 14.8. The lowest BCUT2D eigenvalue weighted by Crippen LogP contribution is -2.40. The molecule has 4 aromatic rings. The lowest BCUT2D eigenvalue weighted by Gasteiger charge is -2.26. The van der Waals surface area contributed by atoms with Gasteiger partial charge in [0.15, 0.2) is 4.80 Å². The van der Waals surface area contributed by atoms with Gasteiger partial charge in [0.1, 0.15) is 22.3 Å². The van der Waals surface area contributed by atoms with Crippen molar-refractivity contribution in [3.05, 3.63) is 111 Å². The Morgan fingerprint density at radius 1 is 1.19 bits per heavy atom. The monoisotopic (exact) mass is 641 g/mol. The summed E-state index contributed by atoms with van der Waals surface area (Å²) in [6.45, 7) is 3.88. The third-order valence-corrected chi connectivity index (χ3v) is 8.30. The van der Waals surface area contributed by atoms with Gasteiger partial charge in [-0.1, -0.05) is 60.0 Å². The summed E-state index contributed by atoms with van der Waals surface area (Å²) >= 11 is 13.5. The van der Waals surface area contributed by atoms with Gasteiger partial charge >= 0.3 is 5.97 Å². The quantitative estimate of drug-likeness (QED) is 0.123. The van der Waals surface area contributed by atoms with E-state index in [1.165, 1.54) is 22.0 Å². The highest BCUT2D eigenvalue weighted by atomic mass is 35.5. The summed E-state index contributed by atoms with van der Waals surface area (Å²) in [5, 5.41) is 11.2. The molecule has 3 heterocycles. The summed E-state index contributed by atoms with van der Waals surface area (Å²) in [7, 11) is 1.55. The Bertz CT molecular complexity index is 1960. The standard InChI is InChI=1S/C30H25Cl2N3O7S/c1-4-7-22-26(29(37)41-5-2)27(16-8-6-9-17(12-16)40-3)34-28(36)25(43-30(34)33-22)13-18-10-11-24(42-18)19-14-21(32)23(35(38)39)15-20(19)31/h6,8-15,27H,4-5,7H2,1-3H3/b25-13+. The molecule has 0 spiro atoms. The zero-order chi connectivity index (χ0) is 30.8. The van der Waals surface area contributed by atoms with E-state index in [9.17, 15) is 19.7 Å². The van der Waals surface area contributed by atoms with Gasteiger partial charge in [0, 0.05) is 17.7 Å². The molecule has 0 amide bonds. The Balaban J connectivity index is 1.66. The molecule has 1 atom stereocenters. The summed E-state index contributed by atoms with van der Waals surface area (Å²) in [6, 6.07) is 12.2. The highest BCUT2D eigenvalue weighted by Gasteiger charge is 2.34. The van der Waals surface area contributed by atoms with E-state index >= 15 is 0 Å². The molecule has 0 radical (unpaired) electrons. The van der Waals surface area contributed by atoms with Crippen molar-refractivity contribution >= 4 is 52.3 Å². The van der Waals surface area contributed by atoms with E-state index in [0.717, 1.165) is 12.5 Å². The van der Waals surface area contributed by atoms with Crippen molar-refractivity contribution in [3.63, 3.8) is 0 Å². The fraction of sp³-hybridized carbons (Fsp3) is 0.233. The van der Waals surface area contributed by atoms with Crippen LogP contribution in [0.25, 0.3) is 17.4 Å². The molecule has 0 saturated carbocycles. The van der Waals surface area contributed by atoms with Crippen molar-refractivity contribution in [1.82, 2.24) is 4.57 Å². The van der Waals surface area contributed by atoms with Crippen LogP contribution in [0.1, 0.15) is 44.1 Å². The number of aromatic nitrogens is 1. The van der Waals surface area contributed by atoms with Crippen molar-refractivity contribution in [2.45, 2.75) is 32.7 Å². The fourth-order valence-corrected chi connectivity index (χ4v) is 6.30. The summed E-state index contributed by atoms with van der Waals surface area (Å²) in [5.74, 6) is 0.683. The minimum absolute atomic E-state index is 0.0876. The van der Waals surface area contributed by atoms with Gasteiger partial charge in [-0.3, -0.25) is 19.5 Å². The number of methoxy groups -OCH3 is 1. The highest BCUT2D eigenvalue weighted by Crippen LogP contribution is 2.37. The number of ether oxygens (including phenoxy) is 2. The van der Waals surface area contributed by atoms with Crippen LogP contribution in [0.3, 0.4) is 0 Å². The van der Waals surface area contributed by atoms with Crippen molar-refractivity contribution in [1.29, 1.82) is 0 Å². The molecule has 222 valence electrons. The van der Waals surface area contributed by atoms with Crippen LogP contribution in [-0.2, 0) is 9.53 Å². The molecule has 0 aliphatic carbocycles. The predicted molar refractivity (Wildman–Crippen MR) is 163 cm³/mol. The number of thiazole rings is 1. The van der Waals surface area contributed by atoms with E-state index in [2.05, 4.69) is 0 Å². The SMILES string of the molecule is CCCC1=C(C(=O)OCC)C(c2cccc(OC)c2)n2c(s/c(=C/c3ccc(-c4cc(Cl)c([N+](=O)[O-])cc4Cl)o3)c2=O)=N1. The number of nitro benzene ring substituents is 1. The Labute approximate surface area is 259 Å². The van der Waals surface area contributed by atoms with Crippen LogP contribution in [0.4, 0.5) is 5.69 Å². The van der Waals surface area contributed by atoms with Gasteiger partial charge in [0.2, 0.25) is 0 Å². The highest BCUT2D eigenvalue weighted by molar-refractivity contribution is 7.07. The number of hydrogen-bond donors (Lipinski definition) is 0. The number of esters is 1. The number of furan rings is 1.